The maximum absolute atomic E-state index is 12.3. The van der Waals surface area contributed by atoms with E-state index in [0.29, 0.717) is 12.2 Å². The first-order valence-electron chi connectivity index (χ1n) is 10.5. The summed E-state index contributed by atoms with van der Waals surface area (Å²) in [5, 5.41) is 0. The van der Waals surface area contributed by atoms with Crippen molar-refractivity contribution in [2.45, 2.75) is 34.2 Å². The molecule has 2 rings (SSSR count). The molecule has 0 fully saturated rings. The van der Waals surface area contributed by atoms with Crippen molar-refractivity contribution in [3.63, 3.8) is 0 Å². The molecule has 29 heavy (non-hydrogen) atoms. The van der Waals surface area contributed by atoms with E-state index in [1.165, 1.54) is 0 Å². The highest BCUT2D eigenvalue weighted by atomic mass is 16.5. The Morgan fingerprint density at radius 3 is 2.24 bits per heavy atom. The van der Waals surface area contributed by atoms with E-state index < -0.39 is 0 Å². The van der Waals surface area contributed by atoms with Gasteiger partial charge < -0.3 is 9.64 Å². The molecule has 0 heterocycles. The third kappa shape index (κ3) is 6.20. The summed E-state index contributed by atoms with van der Waals surface area (Å²) in [6, 6.07) is 16.2. The predicted molar refractivity (Wildman–Crippen MR) is 121 cm³/mol. The van der Waals surface area contributed by atoms with Crippen LogP contribution in [0, 0.1) is 0 Å². The van der Waals surface area contributed by atoms with Gasteiger partial charge >= 0.3 is 5.97 Å². The number of rotatable bonds is 11. The third-order valence-corrected chi connectivity index (χ3v) is 5.16. The van der Waals surface area contributed by atoms with Crippen molar-refractivity contribution in [3.05, 3.63) is 71.9 Å². The SMILES string of the molecule is C=C(CN(CC)Cc1cc(C(=O)OCC)ccc1-c1ccccc1)N(CC)CC. The van der Waals surface area contributed by atoms with Crippen LogP contribution in [0.3, 0.4) is 0 Å². The summed E-state index contributed by atoms with van der Waals surface area (Å²) in [4.78, 5) is 16.9. The molecule has 0 atom stereocenters. The van der Waals surface area contributed by atoms with Crippen LogP contribution in [0.1, 0.15) is 43.6 Å². The number of ether oxygens (including phenoxy) is 1. The van der Waals surface area contributed by atoms with Gasteiger partial charge in [-0.15, -0.1) is 0 Å². The van der Waals surface area contributed by atoms with Gasteiger partial charge in [0.1, 0.15) is 0 Å². The summed E-state index contributed by atoms with van der Waals surface area (Å²) in [6.07, 6.45) is 0. The molecular formula is C25H34N2O2. The lowest BCUT2D eigenvalue weighted by Gasteiger charge is -2.29. The Bertz CT molecular complexity index is 798. The van der Waals surface area contributed by atoms with Crippen LogP contribution in [-0.2, 0) is 11.3 Å². The molecule has 4 nitrogen and oxygen atoms in total. The predicted octanol–water partition coefficient (Wildman–Crippen LogP) is 5.21. The van der Waals surface area contributed by atoms with Crippen molar-refractivity contribution < 1.29 is 9.53 Å². The second-order valence-corrected chi connectivity index (χ2v) is 7.00. The van der Waals surface area contributed by atoms with Crippen LogP contribution in [0.4, 0.5) is 0 Å². The number of nitrogens with zero attached hydrogens (tertiary/aromatic N) is 2. The zero-order valence-corrected chi connectivity index (χ0v) is 18.3. The van der Waals surface area contributed by atoms with Crippen molar-refractivity contribution in [2.24, 2.45) is 0 Å². The molecule has 0 spiro atoms. The Hall–Kier alpha value is -2.59. The minimum absolute atomic E-state index is 0.274. The molecule has 0 unspecified atom stereocenters. The standard InChI is InChI=1S/C25H34N2O2/c1-6-26(18-20(5)27(7-2)8-3)19-23-17-22(25(28)29-9-4)15-16-24(23)21-13-11-10-12-14-21/h10-17H,5-9,18-19H2,1-4H3. The average Bonchev–Trinajstić information content (AvgIpc) is 2.74. The molecule has 2 aromatic rings. The molecule has 0 aliphatic heterocycles. The van der Waals surface area contributed by atoms with E-state index in [0.717, 1.165) is 55.1 Å². The monoisotopic (exact) mass is 394 g/mol. The summed E-state index contributed by atoms with van der Waals surface area (Å²) in [6.45, 7) is 17.3. The molecule has 0 saturated heterocycles. The number of carbonyl (C=O) groups excluding carboxylic acids is 1. The van der Waals surface area contributed by atoms with Crippen LogP contribution in [0.5, 0.6) is 0 Å². The molecule has 0 saturated carbocycles. The molecule has 0 radical (unpaired) electrons. The lowest BCUT2D eigenvalue weighted by Crippen LogP contribution is -2.32. The van der Waals surface area contributed by atoms with Crippen LogP contribution in [0.2, 0.25) is 0 Å². The van der Waals surface area contributed by atoms with Crippen molar-refractivity contribution >= 4 is 5.97 Å². The van der Waals surface area contributed by atoms with E-state index in [-0.39, 0.29) is 5.97 Å². The van der Waals surface area contributed by atoms with Crippen LogP contribution in [0.15, 0.2) is 60.8 Å². The first-order valence-corrected chi connectivity index (χ1v) is 10.5. The summed E-state index contributed by atoms with van der Waals surface area (Å²) in [5.74, 6) is -0.274. The second-order valence-electron chi connectivity index (χ2n) is 7.00. The number of likely N-dealkylation sites (N-methyl/N-ethyl adjacent to an activating group) is 2. The molecule has 0 aliphatic carbocycles. The van der Waals surface area contributed by atoms with Gasteiger partial charge in [-0.1, -0.05) is 49.9 Å². The van der Waals surface area contributed by atoms with Gasteiger partial charge in [0, 0.05) is 31.9 Å². The van der Waals surface area contributed by atoms with E-state index in [9.17, 15) is 4.79 Å². The Morgan fingerprint density at radius 2 is 1.66 bits per heavy atom. The number of esters is 1. The van der Waals surface area contributed by atoms with Crippen LogP contribution >= 0.6 is 0 Å². The maximum Gasteiger partial charge on any atom is 0.338 e. The fourth-order valence-corrected chi connectivity index (χ4v) is 3.51. The van der Waals surface area contributed by atoms with Gasteiger partial charge in [-0.2, -0.15) is 0 Å². The number of hydrogen-bond donors (Lipinski definition) is 0. The molecule has 0 aliphatic rings. The van der Waals surface area contributed by atoms with Gasteiger partial charge in [0.05, 0.1) is 12.2 Å². The highest BCUT2D eigenvalue weighted by Gasteiger charge is 2.15. The zero-order chi connectivity index (χ0) is 21.2. The van der Waals surface area contributed by atoms with E-state index in [2.05, 4.69) is 49.3 Å². The molecule has 0 N–H and O–H groups in total. The zero-order valence-electron chi connectivity index (χ0n) is 18.3. The highest BCUT2D eigenvalue weighted by Crippen LogP contribution is 2.26. The minimum Gasteiger partial charge on any atom is -0.462 e. The topological polar surface area (TPSA) is 32.8 Å². The van der Waals surface area contributed by atoms with E-state index in [1.54, 1.807) is 0 Å². The van der Waals surface area contributed by atoms with E-state index in [4.69, 9.17) is 4.74 Å². The molecule has 4 heteroatoms. The lowest BCUT2D eigenvalue weighted by atomic mass is 9.97. The molecule has 0 amide bonds. The van der Waals surface area contributed by atoms with Gasteiger partial charge in [-0.3, -0.25) is 4.90 Å². The van der Waals surface area contributed by atoms with Gasteiger partial charge in [0.25, 0.3) is 0 Å². The normalized spacial score (nSPS) is 10.8. The molecule has 0 aromatic heterocycles. The Morgan fingerprint density at radius 1 is 0.966 bits per heavy atom. The summed E-state index contributed by atoms with van der Waals surface area (Å²) >= 11 is 0. The highest BCUT2D eigenvalue weighted by molar-refractivity contribution is 5.90. The average molecular weight is 395 g/mol. The quantitative estimate of drug-likeness (QED) is 0.490. The van der Waals surface area contributed by atoms with Crippen molar-refractivity contribution in [3.8, 4) is 11.1 Å². The molecule has 156 valence electrons. The van der Waals surface area contributed by atoms with Crippen molar-refractivity contribution in [1.82, 2.24) is 9.80 Å². The number of carbonyl (C=O) groups is 1. The van der Waals surface area contributed by atoms with Gasteiger partial charge in [0.15, 0.2) is 0 Å². The summed E-state index contributed by atoms with van der Waals surface area (Å²) in [5.41, 5.74) is 5.14. The van der Waals surface area contributed by atoms with E-state index >= 15 is 0 Å². The Kier molecular flexibility index (Phi) is 8.94. The third-order valence-electron chi connectivity index (χ3n) is 5.16. The minimum atomic E-state index is -0.274. The van der Waals surface area contributed by atoms with Crippen LogP contribution < -0.4 is 0 Å². The smallest absolute Gasteiger partial charge is 0.338 e. The van der Waals surface area contributed by atoms with Gasteiger partial charge in [-0.05, 0) is 56.1 Å². The Balaban J connectivity index is 2.34. The number of benzene rings is 2. The van der Waals surface area contributed by atoms with Crippen LogP contribution in [-0.4, -0.2) is 48.6 Å². The maximum atomic E-state index is 12.3. The van der Waals surface area contributed by atoms with Crippen molar-refractivity contribution in [1.29, 1.82) is 0 Å². The fraction of sp³-hybridized carbons (Fsp3) is 0.400. The molecule has 0 bridgehead atoms. The first-order chi connectivity index (χ1) is 14.0. The van der Waals surface area contributed by atoms with Crippen molar-refractivity contribution in [2.75, 3.05) is 32.8 Å². The van der Waals surface area contributed by atoms with Gasteiger partial charge in [-0.25, -0.2) is 4.79 Å². The number of hydrogen-bond acceptors (Lipinski definition) is 4. The second kappa shape index (κ2) is 11.4. The summed E-state index contributed by atoms with van der Waals surface area (Å²) < 4.78 is 5.21. The Labute approximate surface area is 175 Å². The lowest BCUT2D eigenvalue weighted by molar-refractivity contribution is 0.0526. The summed E-state index contributed by atoms with van der Waals surface area (Å²) in [7, 11) is 0. The van der Waals surface area contributed by atoms with E-state index in [1.807, 2.05) is 43.3 Å². The first kappa shape index (κ1) is 22.7. The largest absolute Gasteiger partial charge is 0.462 e. The molecule has 2 aromatic carbocycles. The van der Waals surface area contributed by atoms with Crippen LogP contribution in [0.25, 0.3) is 11.1 Å². The van der Waals surface area contributed by atoms with Gasteiger partial charge in [0.2, 0.25) is 0 Å². The molecular weight excluding hydrogens is 360 g/mol. The fourth-order valence-electron chi connectivity index (χ4n) is 3.51.